The minimum atomic E-state index is -0.920. The number of hydrogen-bond acceptors (Lipinski definition) is 7. The van der Waals surface area contributed by atoms with E-state index in [9.17, 15) is 19.8 Å². The Bertz CT molecular complexity index is 1410. The normalized spacial score (nSPS) is 16.6. The van der Waals surface area contributed by atoms with Crippen molar-refractivity contribution in [3.63, 3.8) is 0 Å². The Morgan fingerprint density at radius 2 is 1.67 bits per heavy atom. The summed E-state index contributed by atoms with van der Waals surface area (Å²) in [5.74, 6) is -0.241. The number of nitrogens with zero attached hydrogens (tertiary/aromatic N) is 1. The maximum Gasteiger partial charge on any atom is 0.295 e. The van der Waals surface area contributed by atoms with Gasteiger partial charge in [0, 0.05) is 12.1 Å². The van der Waals surface area contributed by atoms with Crippen molar-refractivity contribution in [3.8, 4) is 23.0 Å². The van der Waals surface area contributed by atoms with Gasteiger partial charge in [-0.1, -0.05) is 32.0 Å². The Morgan fingerprint density at radius 1 is 0.949 bits per heavy atom. The number of aliphatic hydroxyl groups is 1. The van der Waals surface area contributed by atoms with Gasteiger partial charge in [0.1, 0.15) is 17.3 Å². The van der Waals surface area contributed by atoms with E-state index >= 15 is 0 Å². The van der Waals surface area contributed by atoms with Crippen LogP contribution in [0.15, 0.2) is 66.2 Å². The smallest absolute Gasteiger partial charge is 0.295 e. The zero-order valence-corrected chi connectivity index (χ0v) is 22.7. The number of methoxy groups -OCH3 is 2. The molecule has 8 heteroatoms. The molecule has 1 fully saturated rings. The summed E-state index contributed by atoms with van der Waals surface area (Å²) < 4.78 is 16.3. The summed E-state index contributed by atoms with van der Waals surface area (Å²) in [6.45, 7) is 6.22. The van der Waals surface area contributed by atoms with Gasteiger partial charge in [-0.3, -0.25) is 9.59 Å². The number of amides is 1. The van der Waals surface area contributed by atoms with Crippen molar-refractivity contribution in [3.05, 3.63) is 88.5 Å². The molecule has 1 aliphatic rings. The molecule has 204 valence electrons. The summed E-state index contributed by atoms with van der Waals surface area (Å²) in [5, 5.41) is 21.8. The molecule has 0 saturated carbocycles. The summed E-state index contributed by atoms with van der Waals surface area (Å²) in [7, 11) is 3.14. The van der Waals surface area contributed by atoms with Gasteiger partial charge >= 0.3 is 0 Å². The second-order valence-electron chi connectivity index (χ2n) is 9.55. The molecule has 0 aromatic heterocycles. The average molecular weight is 532 g/mol. The lowest BCUT2D eigenvalue weighted by atomic mass is 9.93. The van der Waals surface area contributed by atoms with E-state index in [1.165, 1.54) is 11.0 Å². The second-order valence-corrected chi connectivity index (χ2v) is 9.55. The van der Waals surface area contributed by atoms with E-state index in [1.54, 1.807) is 63.6 Å². The Hall–Kier alpha value is -4.46. The highest BCUT2D eigenvalue weighted by Gasteiger charge is 2.46. The molecule has 4 rings (SSSR count). The van der Waals surface area contributed by atoms with Gasteiger partial charge in [-0.15, -0.1) is 0 Å². The van der Waals surface area contributed by atoms with E-state index in [-0.39, 0.29) is 35.3 Å². The number of Topliss-reactive ketones (excluding diaryl/α,β-unsaturated/α-hetero) is 1. The van der Waals surface area contributed by atoms with Crippen molar-refractivity contribution >= 4 is 17.4 Å². The van der Waals surface area contributed by atoms with E-state index in [2.05, 4.69) is 0 Å². The molecule has 0 spiro atoms. The number of likely N-dealkylation sites (tertiary alicyclic amines) is 1. The first-order valence-electron chi connectivity index (χ1n) is 12.7. The Balaban J connectivity index is 1.89. The lowest BCUT2D eigenvalue weighted by molar-refractivity contribution is -0.140. The first kappa shape index (κ1) is 27.6. The molecule has 0 bridgehead atoms. The quantitative estimate of drug-likeness (QED) is 0.212. The number of carbonyl (C=O) groups is 2. The van der Waals surface area contributed by atoms with Crippen LogP contribution in [0.4, 0.5) is 0 Å². The number of rotatable bonds is 9. The number of ether oxygens (including phenoxy) is 3. The fourth-order valence-corrected chi connectivity index (χ4v) is 4.78. The molecule has 1 saturated heterocycles. The summed E-state index contributed by atoms with van der Waals surface area (Å²) in [6, 6.07) is 16.1. The minimum Gasteiger partial charge on any atom is -0.507 e. The van der Waals surface area contributed by atoms with Crippen LogP contribution in [0.5, 0.6) is 23.0 Å². The third-order valence-corrected chi connectivity index (χ3v) is 6.78. The molecule has 1 aliphatic heterocycles. The average Bonchev–Trinajstić information content (AvgIpc) is 3.18. The fraction of sp³-hybridized carbons (Fsp3) is 0.290. The Labute approximate surface area is 228 Å². The van der Waals surface area contributed by atoms with Crippen LogP contribution in [-0.4, -0.2) is 47.6 Å². The van der Waals surface area contributed by atoms with Crippen molar-refractivity contribution < 1.29 is 34.0 Å². The molecule has 0 aliphatic carbocycles. The van der Waals surface area contributed by atoms with Crippen molar-refractivity contribution in [2.24, 2.45) is 0 Å². The zero-order chi connectivity index (χ0) is 28.3. The predicted molar refractivity (Wildman–Crippen MR) is 147 cm³/mol. The van der Waals surface area contributed by atoms with Crippen LogP contribution in [0, 0.1) is 0 Å². The van der Waals surface area contributed by atoms with Crippen molar-refractivity contribution in [2.75, 3.05) is 20.8 Å². The topological polar surface area (TPSA) is 106 Å². The maximum absolute atomic E-state index is 13.5. The first-order chi connectivity index (χ1) is 18.7. The van der Waals surface area contributed by atoms with Gasteiger partial charge in [0.05, 0.1) is 32.4 Å². The summed E-state index contributed by atoms with van der Waals surface area (Å²) in [6.07, 6.45) is 0. The SMILES string of the molecule is CCOc1cc(C2/C(=C(\O)c3ccc(OC)c(C(C)C)c3)C(=O)C(=O)N2Cc2ccc(OC)cc2)ccc1O. The van der Waals surface area contributed by atoms with Gasteiger partial charge in [-0.05, 0) is 72.0 Å². The fourth-order valence-electron chi connectivity index (χ4n) is 4.78. The van der Waals surface area contributed by atoms with E-state index in [1.807, 2.05) is 26.0 Å². The lowest BCUT2D eigenvalue weighted by Gasteiger charge is -2.26. The van der Waals surface area contributed by atoms with Crippen molar-refractivity contribution in [1.82, 2.24) is 4.90 Å². The number of aliphatic hydroxyl groups excluding tert-OH is 1. The van der Waals surface area contributed by atoms with E-state index < -0.39 is 17.7 Å². The van der Waals surface area contributed by atoms with Gasteiger partial charge in [-0.25, -0.2) is 0 Å². The van der Waals surface area contributed by atoms with Crippen LogP contribution in [0.25, 0.3) is 5.76 Å². The second kappa shape index (κ2) is 11.5. The number of aromatic hydroxyl groups is 1. The number of carbonyl (C=O) groups excluding carboxylic acids is 2. The molecule has 2 N–H and O–H groups in total. The largest absolute Gasteiger partial charge is 0.507 e. The maximum atomic E-state index is 13.5. The van der Waals surface area contributed by atoms with Crippen LogP contribution in [-0.2, 0) is 16.1 Å². The third kappa shape index (κ3) is 5.41. The molecule has 3 aromatic carbocycles. The number of phenols is 1. The molecular weight excluding hydrogens is 498 g/mol. The third-order valence-electron chi connectivity index (χ3n) is 6.78. The van der Waals surface area contributed by atoms with Crippen molar-refractivity contribution in [1.29, 1.82) is 0 Å². The van der Waals surface area contributed by atoms with Crippen LogP contribution < -0.4 is 14.2 Å². The standard InChI is InChI=1S/C31H33NO7/c1-6-39-26-16-20(9-13-24(26)33)28-27(29(34)21-10-14-25(38-5)23(15-21)18(2)3)30(35)31(36)32(28)17-19-7-11-22(37-4)12-8-19/h7-16,18,28,33-34H,6,17H2,1-5H3/b29-27+. The highest BCUT2D eigenvalue weighted by atomic mass is 16.5. The Morgan fingerprint density at radius 3 is 2.28 bits per heavy atom. The van der Waals surface area contributed by atoms with Gasteiger partial charge in [0.15, 0.2) is 11.5 Å². The molecule has 3 aromatic rings. The highest BCUT2D eigenvalue weighted by Crippen LogP contribution is 2.43. The molecule has 1 atom stereocenters. The van der Waals surface area contributed by atoms with E-state index in [0.717, 1.165) is 11.1 Å². The number of phenolic OH excluding ortho intramolecular Hbond substituents is 1. The van der Waals surface area contributed by atoms with Gasteiger partial charge < -0.3 is 29.3 Å². The number of ketones is 1. The summed E-state index contributed by atoms with van der Waals surface area (Å²) in [5.41, 5.74) is 2.51. The number of hydrogen-bond donors (Lipinski definition) is 2. The van der Waals surface area contributed by atoms with Gasteiger partial charge in [0.2, 0.25) is 0 Å². The monoisotopic (exact) mass is 531 g/mol. The van der Waals surface area contributed by atoms with Crippen LogP contribution >= 0.6 is 0 Å². The van der Waals surface area contributed by atoms with Gasteiger partial charge in [0.25, 0.3) is 11.7 Å². The zero-order valence-electron chi connectivity index (χ0n) is 22.7. The van der Waals surface area contributed by atoms with E-state index in [0.29, 0.717) is 29.2 Å². The molecule has 39 heavy (non-hydrogen) atoms. The molecule has 1 heterocycles. The Kier molecular flexibility index (Phi) is 8.14. The summed E-state index contributed by atoms with van der Waals surface area (Å²) >= 11 is 0. The highest BCUT2D eigenvalue weighted by molar-refractivity contribution is 6.46. The molecule has 0 radical (unpaired) electrons. The minimum absolute atomic E-state index is 0.0403. The number of benzene rings is 3. The molecule has 1 unspecified atom stereocenters. The van der Waals surface area contributed by atoms with Crippen LogP contribution in [0.3, 0.4) is 0 Å². The van der Waals surface area contributed by atoms with Crippen LogP contribution in [0.2, 0.25) is 0 Å². The predicted octanol–water partition coefficient (Wildman–Crippen LogP) is 5.55. The van der Waals surface area contributed by atoms with Gasteiger partial charge in [-0.2, -0.15) is 0 Å². The van der Waals surface area contributed by atoms with E-state index in [4.69, 9.17) is 14.2 Å². The molecular formula is C31H33NO7. The lowest BCUT2D eigenvalue weighted by Crippen LogP contribution is -2.29. The first-order valence-corrected chi connectivity index (χ1v) is 12.7. The van der Waals surface area contributed by atoms with Crippen LogP contribution in [0.1, 0.15) is 55.0 Å². The molecule has 8 nitrogen and oxygen atoms in total. The molecule has 1 amide bonds. The van der Waals surface area contributed by atoms with Crippen molar-refractivity contribution in [2.45, 2.75) is 39.3 Å². The summed E-state index contributed by atoms with van der Waals surface area (Å²) in [4.78, 5) is 28.3.